The number of hydrogen-bond donors (Lipinski definition) is 4. The van der Waals surface area contributed by atoms with Crippen LogP contribution in [0.2, 0.25) is 0 Å². The SMILES string of the molecule is CC(C)(NC(=O)NC1CCCCC1)/C(N)=N/O. The van der Waals surface area contributed by atoms with Crippen LogP contribution in [0.25, 0.3) is 0 Å². The van der Waals surface area contributed by atoms with Gasteiger partial charge in [0.25, 0.3) is 0 Å². The molecule has 0 radical (unpaired) electrons. The second kappa shape index (κ2) is 5.75. The molecule has 1 aliphatic carbocycles. The van der Waals surface area contributed by atoms with Crippen LogP contribution in [-0.4, -0.2) is 28.7 Å². The average Bonchev–Trinajstić information content (AvgIpc) is 2.28. The predicted molar refractivity (Wildman–Crippen MR) is 66.0 cm³/mol. The van der Waals surface area contributed by atoms with Crippen molar-refractivity contribution in [3.63, 3.8) is 0 Å². The molecule has 5 N–H and O–H groups in total. The Labute approximate surface area is 102 Å². The first kappa shape index (κ1) is 13.6. The van der Waals surface area contributed by atoms with Gasteiger partial charge < -0.3 is 21.6 Å². The fraction of sp³-hybridized carbons (Fsp3) is 0.818. The van der Waals surface area contributed by atoms with Gasteiger partial charge in [0.2, 0.25) is 0 Å². The average molecular weight is 242 g/mol. The van der Waals surface area contributed by atoms with Gasteiger partial charge in [0, 0.05) is 6.04 Å². The van der Waals surface area contributed by atoms with E-state index in [1.807, 2.05) is 0 Å². The quantitative estimate of drug-likeness (QED) is 0.258. The van der Waals surface area contributed by atoms with E-state index in [9.17, 15) is 4.79 Å². The highest BCUT2D eigenvalue weighted by Crippen LogP contribution is 2.17. The van der Waals surface area contributed by atoms with Gasteiger partial charge in [-0.05, 0) is 26.7 Å². The number of nitrogens with zero attached hydrogens (tertiary/aromatic N) is 1. The Morgan fingerprint density at radius 2 is 1.94 bits per heavy atom. The van der Waals surface area contributed by atoms with Crippen molar-refractivity contribution in [3.8, 4) is 0 Å². The van der Waals surface area contributed by atoms with Gasteiger partial charge in [0.1, 0.15) is 0 Å². The lowest BCUT2D eigenvalue weighted by atomic mass is 9.95. The maximum absolute atomic E-state index is 11.7. The topological polar surface area (TPSA) is 99.7 Å². The van der Waals surface area contributed by atoms with Gasteiger partial charge in [0.15, 0.2) is 5.84 Å². The van der Waals surface area contributed by atoms with Crippen LogP contribution in [0.15, 0.2) is 5.16 Å². The molecule has 1 fully saturated rings. The van der Waals surface area contributed by atoms with Gasteiger partial charge in [-0.3, -0.25) is 0 Å². The molecule has 0 aromatic rings. The summed E-state index contributed by atoms with van der Waals surface area (Å²) < 4.78 is 0. The van der Waals surface area contributed by atoms with E-state index in [1.54, 1.807) is 13.8 Å². The minimum atomic E-state index is -0.854. The monoisotopic (exact) mass is 242 g/mol. The summed E-state index contributed by atoms with van der Waals surface area (Å²) in [6.07, 6.45) is 5.62. The number of nitrogens with one attached hydrogen (secondary N) is 2. The summed E-state index contributed by atoms with van der Waals surface area (Å²) in [4.78, 5) is 11.7. The molecule has 0 heterocycles. The van der Waals surface area contributed by atoms with Gasteiger partial charge in [-0.25, -0.2) is 4.79 Å². The number of oxime groups is 1. The summed E-state index contributed by atoms with van der Waals surface area (Å²) >= 11 is 0. The highest BCUT2D eigenvalue weighted by molar-refractivity contribution is 5.92. The van der Waals surface area contributed by atoms with Crippen molar-refractivity contribution in [2.75, 3.05) is 0 Å². The Morgan fingerprint density at radius 3 is 2.47 bits per heavy atom. The summed E-state index contributed by atoms with van der Waals surface area (Å²) in [5.74, 6) is -0.0173. The Morgan fingerprint density at radius 1 is 1.35 bits per heavy atom. The van der Waals surface area contributed by atoms with Gasteiger partial charge in [0.05, 0.1) is 5.54 Å². The molecule has 6 nitrogen and oxygen atoms in total. The van der Waals surface area contributed by atoms with E-state index in [2.05, 4.69) is 15.8 Å². The van der Waals surface area contributed by atoms with E-state index in [-0.39, 0.29) is 17.9 Å². The van der Waals surface area contributed by atoms with Crippen LogP contribution < -0.4 is 16.4 Å². The van der Waals surface area contributed by atoms with Gasteiger partial charge >= 0.3 is 6.03 Å². The molecule has 98 valence electrons. The second-order valence-corrected chi connectivity index (χ2v) is 5.04. The van der Waals surface area contributed by atoms with Crippen molar-refractivity contribution in [1.82, 2.24) is 10.6 Å². The first-order valence-corrected chi connectivity index (χ1v) is 6.02. The summed E-state index contributed by atoms with van der Waals surface area (Å²) in [6.45, 7) is 3.37. The number of rotatable bonds is 3. The Hall–Kier alpha value is -1.46. The molecule has 6 heteroatoms. The van der Waals surface area contributed by atoms with E-state index in [0.29, 0.717) is 0 Å². The van der Waals surface area contributed by atoms with Crippen molar-refractivity contribution in [3.05, 3.63) is 0 Å². The van der Waals surface area contributed by atoms with Crippen LogP contribution in [-0.2, 0) is 0 Å². The van der Waals surface area contributed by atoms with Crippen LogP contribution in [0, 0.1) is 0 Å². The summed E-state index contributed by atoms with van der Waals surface area (Å²) in [5, 5.41) is 17.1. The highest BCUT2D eigenvalue weighted by Gasteiger charge is 2.26. The molecule has 0 aromatic heterocycles. The van der Waals surface area contributed by atoms with Crippen molar-refractivity contribution >= 4 is 11.9 Å². The lowest BCUT2D eigenvalue weighted by Crippen LogP contribution is -2.57. The Bertz CT molecular complexity index is 296. The Kier molecular flexibility index (Phi) is 4.60. The third-order valence-corrected chi connectivity index (χ3v) is 3.11. The maximum Gasteiger partial charge on any atom is 0.315 e. The number of carbonyl (C=O) groups excluding carboxylic acids is 1. The molecule has 1 rings (SSSR count). The summed E-state index contributed by atoms with van der Waals surface area (Å²) in [6, 6.07) is -0.0275. The van der Waals surface area contributed by atoms with E-state index in [4.69, 9.17) is 10.9 Å². The molecule has 1 aliphatic rings. The smallest absolute Gasteiger partial charge is 0.315 e. The fourth-order valence-corrected chi connectivity index (χ4v) is 1.94. The number of carbonyl (C=O) groups is 1. The van der Waals surface area contributed by atoms with E-state index >= 15 is 0 Å². The van der Waals surface area contributed by atoms with Crippen LogP contribution in [0.1, 0.15) is 46.0 Å². The van der Waals surface area contributed by atoms with E-state index < -0.39 is 5.54 Å². The molecule has 0 aromatic carbocycles. The van der Waals surface area contributed by atoms with Crippen LogP contribution >= 0.6 is 0 Å². The van der Waals surface area contributed by atoms with Crippen LogP contribution in [0.5, 0.6) is 0 Å². The maximum atomic E-state index is 11.7. The minimum Gasteiger partial charge on any atom is -0.409 e. The molecule has 0 atom stereocenters. The minimum absolute atomic E-state index is 0.0173. The molecular weight excluding hydrogens is 220 g/mol. The van der Waals surface area contributed by atoms with Crippen molar-refractivity contribution in [1.29, 1.82) is 0 Å². The van der Waals surface area contributed by atoms with Gasteiger partial charge in [-0.15, -0.1) is 0 Å². The summed E-state index contributed by atoms with van der Waals surface area (Å²) in [5.41, 5.74) is 4.64. The first-order chi connectivity index (χ1) is 7.95. The van der Waals surface area contributed by atoms with E-state index in [0.717, 1.165) is 25.7 Å². The zero-order valence-electron chi connectivity index (χ0n) is 10.5. The second-order valence-electron chi connectivity index (χ2n) is 5.04. The zero-order valence-corrected chi connectivity index (χ0v) is 10.5. The largest absolute Gasteiger partial charge is 0.409 e. The first-order valence-electron chi connectivity index (χ1n) is 6.02. The number of hydrogen-bond acceptors (Lipinski definition) is 3. The third kappa shape index (κ3) is 4.13. The molecule has 0 unspecified atom stereocenters. The number of amides is 2. The summed E-state index contributed by atoms with van der Waals surface area (Å²) in [7, 11) is 0. The van der Waals surface area contributed by atoms with Gasteiger partial charge in [-0.1, -0.05) is 24.4 Å². The van der Waals surface area contributed by atoms with E-state index in [1.165, 1.54) is 6.42 Å². The molecule has 1 saturated carbocycles. The molecule has 0 spiro atoms. The number of amidine groups is 1. The highest BCUT2D eigenvalue weighted by atomic mass is 16.4. The standard InChI is InChI=1S/C11H22N4O2/c1-11(2,9(12)15-17)14-10(16)13-8-6-4-3-5-7-8/h8,17H,3-7H2,1-2H3,(H2,12,15)(H2,13,14,16). The van der Waals surface area contributed by atoms with Crippen LogP contribution in [0.4, 0.5) is 4.79 Å². The number of urea groups is 1. The normalized spacial score (nSPS) is 18.8. The molecule has 0 bridgehead atoms. The molecule has 0 saturated heterocycles. The lowest BCUT2D eigenvalue weighted by molar-refractivity contribution is 0.226. The predicted octanol–water partition coefficient (Wildman–Crippen LogP) is 1.14. The van der Waals surface area contributed by atoms with Crippen molar-refractivity contribution in [2.24, 2.45) is 10.9 Å². The molecular formula is C11H22N4O2. The zero-order chi connectivity index (χ0) is 12.9. The molecule has 2 amide bonds. The van der Waals surface area contributed by atoms with Crippen molar-refractivity contribution in [2.45, 2.75) is 57.5 Å². The Balaban J connectivity index is 2.43. The lowest BCUT2D eigenvalue weighted by Gasteiger charge is -2.28. The number of nitrogens with two attached hydrogens (primary N) is 1. The molecule has 17 heavy (non-hydrogen) atoms. The third-order valence-electron chi connectivity index (χ3n) is 3.11. The van der Waals surface area contributed by atoms with Gasteiger partial charge in [-0.2, -0.15) is 0 Å². The van der Waals surface area contributed by atoms with Crippen LogP contribution in [0.3, 0.4) is 0 Å². The van der Waals surface area contributed by atoms with Crippen molar-refractivity contribution < 1.29 is 10.0 Å². The molecule has 0 aliphatic heterocycles. The fourth-order valence-electron chi connectivity index (χ4n) is 1.94.